The molecule has 0 heterocycles. The van der Waals surface area contributed by atoms with Crippen LogP contribution in [-0.4, -0.2) is 31.2 Å². The van der Waals surface area contributed by atoms with E-state index in [0.29, 0.717) is 31.1 Å². The maximum atomic E-state index is 11.5. The van der Waals surface area contributed by atoms with Crippen molar-refractivity contribution in [3.63, 3.8) is 0 Å². The number of hydrogen-bond acceptors (Lipinski definition) is 5. The molecular formula is C30H44NO4Y3-3. The minimum atomic E-state index is -0.359. The van der Waals surface area contributed by atoms with Gasteiger partial charge in [-0.2, -0.15) is 24.3 Å². The second-order valence-electron chi connectivity index (χ2n) is 9.64. The van der Waals surface area contributed by atoms with Gasteiger partial charge in [-0.15, -0.1) is 0 Å². The van der Waals surface area contributed by atoms with Crippen LogP contribution in [0.15, 0.2) is 37.0 Å². The molecule has 0 aromatic heterocycles. The number of rotatable bonds is 4. The predicted octanol–water partition coefficient (Wildman–Crippen LogP) is 5.72. The van der Waals surface area contributed by atoms with Gasteiger partial charge in [0.15, 0.2) is 0 Å². The Morgan fingerprint density at radius 3 is 2.05 bits per heavy atom. The molecule has 0 aromatic carbocycles. The summed E-state index contributed by atoms with van der Waals surface area (Å²) < 4.78 is 9.48. The van der Waals surface area contributed by atoms with Gasteiger partial charge in [-0.05, 0) is 19.8 Å². The number of ether oxygens (including phenoxy) is 2. The molecule has 6 atom stereocenters. The zero-order valence-electron chi connectivity index (χ0n) is 23.4. The van der Waals surface area contributed by atoms with E-state index in [1.54, 1.807) is 6.92 Å². The monoisotopic (exact) mass is 749 g/mol. The Hall–Kier alpha value is 1.17. The summed E-state index contributed by atoms with van der Waals surface area (Å²) in [5.41, 5.74) is 5.90. The van der Waals surface area contributed by atoms with Gasteiger partial charge in [-0.3, -0.25) is 16.9 Å². The van der Waals surface area contributed by atoms with Gasteiger partial charge >= 0.3 is 11.9 Å². The van der Waals surface area contributed by atoms with Crippen molar-refractivity contribution >= 4 is 11.9 Å². The number of esters is 2. The Kier molecular flexibility index (Phi) is 26.9. The van der Waals surface area contributed by atoms with E-state index in [1.165, 1.54) is 44.9 Å². The summed E-state index contributed by atoms with van der Waals surface area (Å²) in [5, 5.41) is 0. The summed E-state index contributed by atoms with van der Waals surface area (Å²) in [4.78, 5) is 21.6. The molecule has 38 heavy (non-hydrogen) atoms. The summed E-state index contributed by atoms with van der Waals surface area (Å²) in [6, 6.07) is 0.536. The Balaban J connectivity index is 0. The van der Waals surface area contributed by atoms with Crippen LogP contribution in [0.2, 0.25) is 0 Å². The van der Waals surface area contributed by atoms with Crippen LogP contribution in [0.3, 0.4) is 0 Å². The fraction of sp³-hybridized carbons (Fsp3) is 0.633. The van der Waals surface area contributed by atoms with Crippen molar-refractivity contribution in [1.29, 1.82) is 0 Å². The fourth-order valence-corrected chi connectivity index (χ4v) is 5.18. The van der Waals surface area contributed by atoms with Crippen molar-refractivity contribution in [2.45, 2.75) is 77.7 Å². The normalized spacial score (nSPS) is 28.5. The first-order valence-electron chi connectivity index (χ1n) is 13.3. The van der Waals surface area contributed by atoms with E-state index in [1.807, 2.05) is 13.0 Å². The fourth-order valence-electron chi connectivity index (χ4n) is 5.18. The minimum Gasteiger partial charge on any atom is -0.497 e. The SMILES string of the molecule is C=CC(=O)OCC.CCOC(=O)C1CC2[C-]=CC1CC2.NC1CC2[CH-]CC1CC2.[C-]1=CCCC=C1.[Y].[Y].[Y]. The van der Waals surface area contributed by atoms with Gasteiger partial charge in [-0.1, -0.05) is 63.9 Å². The average molecular weight is 749 g/mol. The van der Waals surface area contributed by atoms with E-state index in [4.69, 9.17) is 10.5 Å². The largest absolute Gasteiger partial charge is 0.497 e. The molecule has 3 radical (unpaired) electrons. The Morgan fingerprint density at radius 2 is 1.79 bits per heavy atom. The van der Waals surface area contributed by atoms with Crippen molar-refractivity contribution in [3.8, 4) is 0 Å². The predicted molar refractivity (Wildman–Crippen MR) is 140 cm³/mol. The van der Waals surface area contributed by atoms with Crippen LogP contribution < -0.4 is 5.73 Å². The first-order chi connectivity index (χ1) is 17.0. The summed E-state index contributed by atoms with van der Waals surface area (Å²) in [7, 11) is 0. The van der Waals surface area contributed by atoms with E-state index >= 15 is 0 Å². The van der Waals surface area contributed by atoms with Gasteiger partial charge in [0.25, 0.3) is 0 Å². The molecule has 0 amide bonds. The quantitative estimate of drug-likeness (QED) is 0.226. The van der Waals surface area contributed by atoms with Gasteiger partial charge in [0.05, 0.1) is 19.1 Å². The maximum absolute atomic E-state index is 11.5. The number of fused-ring (bicyclic) bond motifs is 5. The summed E-state index contributed by atoms with van der Waals surface area (Å²) >= 11 is 0. The van der Waals surface area contributed by atoms with E-state index < -0.39 is 0 Å². The molecule has 5 nitrogen and oxygen atoms in total. The van der Waals surface area contributed by atoms with Crippen molar-refractivity contribution < 1.29 is 117 Å². The van der Waals surface area contributed by atoms with Crippen molar-refractivity contribution in [3.05, 3.63) is 55.5 Å². The van der Waals surface area contributed by atoms with Crippen LogP contribution in [0.4, 0.5) is 0 Å². The molecule has 4 bridgehead atoms. The van der Waals surface area contributed by atoms with Crippen LogP contribution >= 0.6 is 0 Å². The molecule has 7 rings (SSSR count). The molecule has 0 saturated heterocycles. The molecule has 6 unspecified atom stereocenters. The van der Waals surface area contributed by atoms with E-state index in [2.05, 4.69) is 48.1 Å². The molecule has 0 spiro atoms. The Bertz CT molecular complexity index is 736. The molecule has 4 fully saturated rings. The van der Waals surface area contributed by atoms with Crippen LogP contribution in [-0.2, 0) is 117 Å². The number of nitrogens with two attached hydrogens (primary N) is 1. The third-order valence-electron chi connectivity index (χ3n) is 7.16. The first kappa shape index (κ1) is 41.3. The Labute approximate surface area is 307 Å². The van der Waals surface area contributed by atoms with E-state index in [0.717, 1.165) is 30.8 Å². The van der Waals surface area contributed by atoms with Crippen molar-refractivity contribution in [2.24, 2.45) is 35.3 Å². The second-order valence-corrected chi connectivity index (χ2v) is 9.64. The number of carbonyl (C=O) groups excluding carboxylic acids is 2. The third kappa shape index (κ3) is 16.0. The second kappa shape index (κ2) is 24.7. The van der Waals surface area contributed by atoms with Gasteiger partial charge < -0.3 is 27.7 Å². The molecule has 7 aliphatic carbocycles. The maximum Gasteiger partial charge on any atom is 0.330 e. The van der Waals surface area contributed by atoms with Crippen LogP contribution in [0.1, 0.15) is 71.6 Å². The zero-order chi connectivity index (χ0) is 25.5. The van der Waals surface area contributed by atoms with E-state index in [9.17, 15) is 9.59 Å². The zero-order valence-corrected chi connectivity index (χ0v) is 31.9. The van der Waals surface area contributed by atoms with Crippen LogP contribution in [0.25, 0.3) is 0 Å². The third-order valence-corrected chi connectivity index (χ3v) is 7.16. The van der Waals surface area contributed by atoms with Gasteiger partial charge in [0, 0.05) is 110 Å². The van der Waals surface area contributed by atoms with E-state index in [-0.39, 0.29) is 116 Å². The van der Waals surface area contributed by atoms with Gasteiger partial charge in [0.2, 0.25) is 0 Å². The molecule has 0 aromatic rings. The topological polar surface area (TPSA) is 78.6 Å². The molecular weight excluding hydrogens is 705 g/mol. The number of carbonyl (C=O) groups is 2. The summed E-state index contributed by atoms with van der Waals surface area (Å²) in [6.07, 6.45) is 29.2. The van der Waals surface area contributed by atoms with Crippen LogP contribution in [0.5, 0.6) is 0 Å². The summed E-state index contributed by atoms with van der Waals surface area (Å²) in [5.74, 6) is 2.40. The molecule has 0 aliphatic heterocycles. The molecule has 7 aliphatic rings. The molecule has 2 N–H and O–H groups in total. The molecule has 8 heteroatoms. The Morgan fingerprint density at radius 1 is 1.05 bits per heavy atom. The average Bonchev–Trinajstić information content (AvgIpc) is 2.92. The summed E-state index contributed by atoms with van der Waals surface area (Å²) in [6.45, 7) is 7.74. The molecule has 205 valence electrons. The van der Waals surface area contributed by atoms with Crippen molar-refractivity contribution in [1.82, 2.24) is 0 Å². The number of allylic oxidation sites excluding steroid dienone is 6. The van der Waals surface area contributed by atoms with Gasteiger partial charge in [-0.25, -0.2) is 16.9 Å². The van der Waals surface area contributed by atoms with Crippen molar-refractivity contribution in [2.75, 3.05) is 13.2 Å². The minimum absolute atomic E-state index is 0. The molecule has 4 saturated carbocycles. The van der Waals surface area contributed by atoms with Gasteiger partial charge in [0.1, 0.15) is 0 Å². The van der Waals surface area contributed by atoms with Crippen LogP contribution in [0, 0.1) is 48.2 Å². The first-order valence-corrected chi connectivity index (χ1v) is 13.3. The standard InChI is InChI=1S/C11H15O2.C8H14N.C6H7.C5H8O2.3Y/c1-2-13-11(12)10-7-8-3-5-9(10)6-4-8;9-8-5-6-1-3-7(8)4-2-6;1-2-4-6-5-3-1;1-3-5(6)7-4-2;;;/h6,8-10H,2-3,5,7H2,1H3;1,6-8H,2-5,9H2;1-2,6H,3,5H2;3H,1,4H2,2H3;;;/q3*-1;;;;. The smallest absolute Gasteiger partial charge is 0.330 e. The number of hydrogen-bond donors (Lipinski definition) is 1.